The van der Waals surface area contributed by atoms with Crippen LogP contribution in [-0.2, 0) is 47.5 Å². The van der Waals surface area contributed by atoms with Gasteiger partial charge >= 0.3 is 24.0 Å². The molecule has 0 spiro atoms. The van der Waals surface area contributed by atoms with E-state index in [1.54, 1.807) is 109 Å². The largest absolute Gasteiger partial charge is 0.455 e. The maximum absolute atomic E-state index is 15.8. The molecule has 4 aliphatic rings. The number of rotatable bonds is 17. The zero-order valence-electron chi connectivity index (χ0n) is 41.6. The molecule has 1 amide bonds. The van der Waals surface area contributed by atoms with Crippen LogP contribution < -0.4 is 5.32 Å². The summed E-state index contributed by atoms with van der Waals surface area (Å²) < 4.78 is 44.0. The number of Topliss-reactive ketones (excluding diaryl/α,β-unsaturated/α-hetero) is 1. The van der Waals surface area contributed by atoms with Crippen molar-refractivity contribution >= 4 is 29.8 Å². The van der Waals surface area contributed by atoms with Gasteiger partial charge in [0.25, 0.3) is 0 Å². The SMILES string of the molecule is CCCCCCC(=O)O[C@@H](C(=O)O[C@H]1C[C@@]2(O)[C@@H](OC(=O)c3ccccc3)[C@@H]3[C@]4(OC(C)C)CO[C@@H]4C[C@H](OC)[C@@]3(C)C(=O)[C@H](CO)C(=C1C)C2(C)C)[C@@H](NC(=O)OC(C)(C)C)c1ccccc1. The van der Waals surface area contributed by atoms with Crippen LogP contribution >= 0.6 is 0 Å². The van der Waals surface area contributed by atoms with E-state index in [1.807, 2.05) is 20.8 Å². The number of amides is 1. The molecule has 0 radical (unpaired) electrons. The van der Waals surface area contributed by atoms with E-state index in [2.05, 4.69) is 5.32 Å². The maximum atomic E-state index is 15.8. The molecule has 3 aliphatic carbocycles. The Morgan fingerprint density at radius 1 is 0.941 bits per heavy atom. The Kier molecular flexibility index (Phi) is 16.1. The second-order valence-corrected chi connectivity index (χ2v) is 21.0. The van der Waals surface area contributed by atoms with Gasteiger partial charge in [-0.05, 0) is 83.7 Å². The molecule has 3 N–H and O–H groups in total. The normalized spacial score (nSPS) is 30.6. The summed E-state index contributed by atoms with van der Waals surface area (Å²) in [7, 11) is 1.49. The molecule has 11 atom stereocenters. The van der Waals surface area contributed by atoms with Crippen molar-refractivity contribution in [2.24, 2.45) is 22.7 Å². The lowest BCUT2D eigenvalue weighted by molar-refractivity contribution is -0.364. The van der Waals surface area contributed by atoms with Crippen LogP contribution in [0.15, 0.2) is 71.8 Å². The zero-order chi connectivity index (χ0) is 50.0. The molecule has 2 saturated carbocycles. The number of nitrogens with one attached hydrogen (secondary N) is 1. The van der Waals surface area contributed by atoms with Crippen molar-refractivity contribution in [3.63, 3.8) is 0 Å². The monoisotopic (exact) mass is 948 g/mol. The van der Waals surface area contributed by atoms with E-state index in [1.165, 1.54) is 7.11 Å². The minimum absolute atomic E-state index is 0.00331. The number of methoxy groups -OCH3 is 1. The fraction of sp³-hybridized carbons (Fsp3) is 0.642. The molecule has 0 aromatic heterocycles. The van der Waals surface area contributed by atoms with Crippen molar-refractivity contribution in [3.8, 4) is 0 Å². The van der Waals surface area contributed by atoms with Gasteiger partial charge in [-0.25, -0.2) is 14.4 Å². The van der Waals surface area contributed by atoms with Crippen molar-refractivity contribution in [2.75, 3.05) is 20.3 Å². The van der Waals surface area contributed by atoms with Crippen molar-refractivity contribution < 1.29 is 67.3 Å². The summed E-state index contributed by atoms with van der Waals surface area (Å²) in [5.74, 6) is -5.41. The molecule has 15 heteroatoms. The number of fused-ring (bicyclic) bond motifs is 5. The molecule has 2 aromatic rings. The predicted molar refractivity (Wildman–Crippen MR) is 250 cm³/mol. The van der Waals surface area contributed by atoms with E-state index in [4.69, 9.17) is 33.2 Å². The van der Waals surface area contributed by atoms with Gasteiger partial charge in [-0.15, -0.1) is 0 Å². The quantitative estimate of drug-likeness (QED) is 0.0607. The van der Waals surface area contributed by atoms with Gasteiger partial charge in [0.15, 0.2) is 5.78 Å². The lowest BCUT2D eigenvalue weighted by Gasteiger charge is -2.68. The highest BCUT2D eigenvalue weighted by atomic mass is 16.6. The number of hydrogen-bond donors (Lipinski definition) is 3. The van der Waals surface area contributed by atoms with E-state index >= 15 is 9.59 Å². The summed E-state index contributed by atoms with van der Waals surface area (Å²) in [6.07, 6.45) is -4.57. The van der Waals surface area contributed by atoms with Crippen LogP contribution in [0.5, 0.6) is 0 Å². The van der Waals surface area contributed by atoms with Crippen LogP contribution in [0.2, 0.25) is 0 Å². The van der Waals surface area contributed by atoms with Gasteiger partial charge in [-0.3, -0.25) is 9.59 Å². The van der Waals surface area contributed by atoms with Crippen LogP contribution in [0.3, 0.4) is 0 Å². The van der Waals surface area contributed by atoms with E-state index < -0.39 is 119 Å². The van der Waals surface area contributed by atoms with Crippen molar-refractivity contribution in [1.29, 1.82) is 0 Å². The fourth-order valence-corrected chi connectivity index (χ4v) is 11.5. The summed E-state index contributed by atoms with van der Waals surface area (Å²) in [5, 5.41) is 28.3. The highest BCUT2D eigenvalue weighted by molar-refractivity contribution is 5.93. The summed E-state index contributed by atoms with van der Waals surface area (Å²) in [6.45, 7) is 17.0. The van der Waals surface area contributed by atoms with Crippen LogP contribution in [-0.4, -0.2) is 114 Å². The molecule has 2 aromatic carbocycles. The molecule has 1 aliphatic heterocycles. The summed E-state index contributed by atoms with van der Waals surface area (Å²) in [6, 6.07) is 15.5. The summed E-state index contributed by atoms with van der Waals surface area (Å²) in [4.78, 5) is 72.7. The Labute approximate surface area is 400 Å². The summed E-state index contributed by atoms with van der Waals surface area (Å²) in [5.41, 5.74) is -6.19. The molecule has 68 heavy (non-hydrogen) atoms. The number of esters is 3. The first kappa shape index (κ1) is 52.7. The molecule has 15 nitrogen and oxygen atoms in total. The molecule has 374 valence electrons. The highest BCUT2D eigenvalue weighted by Crippen LogP contribution is 2.65. The second-order valence-electron chi connectivity index (χ2n) is 21.0. The minimum Gasteiger partial charge on any atom is -0.455 e. The molecular weight excluding hydrogens is 875 g/mol. The number of carbonyl (C=O) groups excluding carboxylic acids is 5. The average molecular weight is 948 g/mol. The fourth-order valence-electron chi connectivity index (χ4n) is 11.5. The molecular formula is C53H73NO14. The molecule has 1 saturated heterocycles. The van der Waals surface area contributed by atoms with Gasteiger partial charge in [0.1, 0.15) is 35.1 Å². The highest BCUT2D eigenvalue weighted by Gasteiger charge is 2.77. The van der Waals surface area contributed by atoms with Crippen LogP contribution in [0.4, 0.5) is 4.79 Å². The number of aliphatic hydroxyl groups excluding tert-OH is 1. The Morgan fingerprint density at radius 3 is 2.15 bits per heavy atom. The smallest absolute Gasteiger partial charge is 0.408 e. The second kappa shape index (κ2) is 20.7. The third-order valence-electron chi connectivity index (χ3n) is 14.7. The predicted octanol–water partition coefficient (Wildman–Crippen LogP) is 7.54. The van der Waals surface area contributed by atoms with Crippen LogP contribution in [0.1, 0.15) is 136 Å². The number of unbranched alkanes of at least 4 members (excludes halogenated alkanes) is 3. The standard InChI is InChI=1S/C53H73NO14/c1-12-13-14-21-26-39(56)65-42(41(33-22-17-15-18-23-33)54-48(60)68-49(5,6)7)47(59)64-36-28-53(61)45(66-46(58)34-24-19-16-20-25-34)43-51(10,44(57)35(29-55)40(32(36)4)50(53,8)9)37(62-11)27-38-52(43,30-63-38)67-31(2)3/h15-20,22-25,31,35-38,41-43,45,55,61H,12-14,21,26-30H2,1-11H3,(H,54,60)/t35-,36+,37+,38-,41+,42-,43+,45+,51-,52+,53-/m1/s1. The van der Waals surface area contributed by atoms with Gasteiger partial charge in [0.2, 0.25) is 6.10 Å². The lowest BCUT2D eigenvalue weighted by Crippen LogP contribution is -2.81. The van der Waals surface area contributed by atoms with Gasteiger partial charge in [0.05, 0.1) is 48.4 Å². The number of hydrogen-bond acceptors (Lipinski definition) is 14. The van der Waals surface area contributed by atoms with Gasteiger partial charge in [-0.2, -0.15) is 0 Å². The Morgan fingerprint density at radius 2 is 1.59 bits per heavy atom. The first-order valence-corrected chi connectivity index (χ1v) is 24.1. The lowest BCUT2D eigenvalue weighted by atomic mass is 9.43. The number of ether oxygens (including phenoxy) is 7. The first-order valence-electron chi connectivity index (χ1n) is 24.1. The van der Waals surface area contributed by atoms with Gasteiger partial charge in [-0.1, -0.05) is 88.6 Å². The van der Waals surface area contributed by atoms with E-state index in [0.717, 1.165) is 19.3 Å². The van der Waals surface area contributed by atoms with Crippen LogP contribution in [0, 0.1) is 22.7 Å². The van der Waals surface area contributed by atoms with Crippen molar-refractivity contribution in [1.82, 2.24) is 5.32 Å². The molecule has 1 heterocycles. The molecule has 2 bridgehead atoms. The van der Waals surface area contributed by atoms with E-state index in [0.29, 0.717) is 17.6 Å². The van der Waals surface area contributed by atoms with Crippen molar-refractivity contribution in [3.05, 3.63) is 82.9 Å². The van der Waals surface area contributed by atoms with Gasteiger partial charge < -0.3 is 48.7 Å². The minimum atomic E-state index is -2.18. The Hall–Kier alpha value is -4.67. The van der Waals surface area contributed by atoms with Gasteiger partial charge in [0, 0.05) is 37.7 Å². The number of alkyl carbamates (subject to hydrolysis) is 1. The Balaban J connectivity index is 1.54. The zero-order valence-corrected chi connectivity index (χ0v) is 41.6. The van der Waals surface area contributed by atoms with E-state index in [9.17, 15) is 24.6 Å². The third-order valence-corrected chi connectivity index (χ3v) is 14.7. The topological polar surface area (TPSA) is 202 Å². The summed E-state index contributed by atoms with van der Waals surface area (Å²) >= 11 is 0. The Bertz CT molecular complexity index is 2170. The van der Waals surface area contributed by atoms with E-state index in [-0.39, 0.29) is 37.0 Å². The maximum Gasteiger partial charge on any atom is 0.408 e. The first-order chi connectivity index (χ1) is 32.0. The van der Waals surface area contributed by atoms with Crippen LogP contribution in [0.25, 0.3) is 0 Å². The molecule has 6 rings (SSSR count). The van der Waals surface area contributed by atoms with Crippen molar-refractivity contribution in [2.45, 2.75) is 174 Å². The number of carbonyl (C=O) groups is 5. The average Bonchev–Trinajstić information content (AvgIpc) is 3.27. The third kappa shape index (κ3) is 10.0. The molecule has 3 fully saturated rings. The number of benzene rings is 2. The number of aliphatic hydroxyl groups is 2. The number of ketones is 1. The molecule has 0 unspecified atom stereocenters.